The molecule has 2 heterocycles. The molecule has 1 fully saturated rings. The molecule has 0 bridgehead atoms. The summed E-state index contributed by atoms with van der Waals surface area (Å²) in [6.45, 7) is -0.0744. The number of rotatable bonds is 4. The molecule has 8 heteroatoms. The number of aliphatic hydroxyl groups excluding tert-OH is 2. The second-order valence-electron chi connectivity index (χ2n) is 4.80. The van der Waals surface area contributed by atoms with Gasteiger partial charge in [0.05, 0.1) is 12.2 Å². The largest absolute Gasteiger partial charge is 0.395 e. The van der Waals surface area contributed by atoms with Crippen molar-refractivity contribution < 1.29 is 24.2 Å². The van der Waals surface area contributed by atoms with Crippen LogP contribution in [-0.2, 0) is 4.74 Å². The van der Waals surface area contributed by atoms with Gasteiger partial charge in [0.25, 0.3) is 0 Å². The summed E-state index contributed by atoms with van der Waals surface area (Å²) in [5.41, 5.74) is -2.36. The Bertz CT molecular complexity index is 389. The van der Waals surface area contributed by atoms with Crippen LogP contribution in [0.4, 0.5) is 9.28 Å². The summed E-state index contributed by atoms with van der Waals surface area (Å²) in [5.74, 6) is 0.471. The maximum Gasteiger partial charge on any atom is 0.373 e. The highest BCUT2D eigenvalue weighted by Gasteiger charge is 2.61. The minimum absolute atomic E-state index is 0.347. The third-order valence-corrected chi connectivity index (χ3v) is 4.61. The highest BCUT2D eigenvalue weighted by atomic mass is 32.2. The van der Waals surface area contributed by atoms with Crippen molar-refractivity contribution in [2.45, 2.75) is 24.7 Å². The Morgan fingerprint density at radius 2 is 2.47 bits per heavy atom. The van der Waals surface area contributed by atoms with Crippen LogP contribution in [0.25, 0.3) is 0 Å². The standard InChI is InChI=1S/C11H17FN2O4S/c1-19-7-11(3-2-4-18-11)10(6-15)5-13-9(17)14(12)8(10)16/h5,8,15-16H,2-4,6-7H2,1H3/t8-,10+,11+/m1/s1. The number of carbonyl (C=O) groups excluding carboxylic acids is 1. The number of urea groups is 1. The van der Waals surface area contributed by atoms with Crippen LogP contribution in [0.15, 0.2) is 4.99 Å². The average molecular weight is 292 g/mol. The molecule has 2 aliphatic rings. The van der Waals surface area contributed by atoms with E-state index in [1.54, 1.807) is 0 Å². The highest BCUT2D eigenvalue weighted by molar-refractivity contribution is 7.98. The molecular formula is C11H17FN2O4S. The summed E-state index contributed by atoms with van der Waals surface area (Å²) < 4.78 is 19.4. The lowest BCUT2D eigenvalue weighted by atomic mass is 9.70. The Morgan fingerprint density at radius 3 is 3.00 bits per heavy atom. The predicted octanol–water partition coefficient (Wildman–Crippen LogP) is 0.587. The van der Waals surface area contributed by atoms with E-state index in [0.29, 0.717) is 18.8 Å². The second kappa shape index (κ2) is 5.35. The zero-order valence-corrected chi connectivity index (χ0v) is 11.4. The lowest BCUT2D eigenvalue weighted by molar-refractivity contribution is -0.198. The summed E-state index contributed by atoms with van der Waals surface area (Å²) in [6, 6.07) is -1.17. The third-order valence-electron chi connectivity index (χ3n) is 3.85. The van der Waals surface area contributed by atoms with Crippen LogP contribution in [0.5, 0.6) is 0 Å². The van der Waals surface area contributed by atoms with E-state index in [4.69, 9.17) is 4.74 Å². The normalized spacial score (nSPS) is 39.1. The molecule has 0 aromatic carbocycles. The summed E-state index contributed by atoms with van der Waals surface area (Å²) in [4.78, 5) is 14.6. The molecule has 2 rings (SSSR count). The van der Waals surface area contributed by atoms with E-state index < -0.39 is 29.9 Å². The first-order valence-corrected chi connectivity index (χ1v) is 7.38. The Hall–Kier alpha value is -0.700. The fourth-order valence-electron chi connectivity index (χ4n) is 2.76. The Balaban J connectivity index is 2.46. The van der Waals surface area contributed by atoms with Gasteiger partial charge in [-0.2, -0.15) is 11.8 Å². The number of aliphatic imine (C=N–C) groups is 1. The molecule has 19 heavy (non-hydrogen) atoms. The summed E-state index contributed by atoms with van der Waals surface area (Å²) in [7, 11) is 0. The van der Waals surface area contributed by atoms with E-state index in [9.17, 15) is 19.5 Å². The average Bonchev–Trinajstić information content (AvgIpc) is 2.87. The molecule has 0 saturated carbocycles. The molecule has 2 N–H and O–H groups in total. The van der Waals surface area contributed by atoms with Crippen LogP contribution in [0.2, 0.25) is 0 Å². The summed E-state index contributed by atoms with van der Waals surface area (Å²) in [6.07, 6.45) is 2.53. The summed E-state index contributed by atoms with van der Waals surface area (Å²) >= 11 is 1.47. The number of carbonyl (C=O) groups is 1. The molecule has 0 aliphatic carbocycles. The third kappa shape index (κ3) is 2.06. The van der Waals surface area contributed by atoms with Crippen molar-refractivity contribution in [1.82, 2.24) is 5.12 Å². The van der Waals surface area contributed by atoms with Gasteiger partial charge in [0, 0.05) is 18.6 Å². The van der Waals surface area contributed by atoms with Gasteiger partial charge in [0.1, 0.15) is 5.41 Å². The highest BCUT2D eigenvalue weighted by Crippen LogP contribution is 2.47. The van der Waals surface area contributed by atoms with E-state index >= 15 is 0 Å². The van der Waals surface area contributed by atoms with Gasteiger partial charge < -0.3 is 14.9 Å². The topological polar surface area (TPSA) is 82.4 Å². The first kappa shape index (κ1) is 14.7. The lowest BCUT2D eigenvalue weighted by Gasteiger charge is -2.48. The van der Waals surface area contributed by atoms with Crippen LogP contribution < -0.4 is 0 Å². The van der Waals surface area contributed by atoms with Crippen LogP contribution in [0, 0.1) is 5.41 Å². The van der Waals surface area contributed by atoms with E-state index in [1.807, 2.05) is 6.26 Å². The first-order chi connectivity index (χ1) is 9.03. The van der Waals surface area contributed by atoms with Gasteiger partial charge in [0.2, 0.25) is 0 Å². The quantitative estimate of drug-likeness (QED) is 0.741. The lowest BCUT2D eigenvalue weighted by Crippen LogP contribution is -2.65. The van der Waals surface area contributed by atoms with E-state index in [0.717, 1.165) is 12.6 Å². The minimum atomic E-state index is -1.80. The van der Waals surface area contributed by atoms with Crippen LogP contribution in [0.1, 0.15) is 12.8 Å². The number of thioether (sulfide) groups is 1. The van der Waals surface area contributed by atoms with Gasteiger partial charge in [-0.1, -0.05) is 4.48 Å². The van der Waals surface area contributed by atoms with Crippen molar-refractivity contribution in [2.24, 2.45) is 10.4 Å². The molecule has 6 nitrogen and oxygen atoms in total. The van der Waals surface area contributed by atoms with Gasteiger partial charge in [-0.3, -0.25) is 0 Å². The van der Waals surface area contributed by atoms with Gasteiger partial charge in [-0.25, -0.2) is 9.79 Å². The van der Waals surface area contributed by atoms with Crippen molar-refractivity contribution in [2.75, 3.05) is 25.2 Å². The number of halogens is 1. The van der Waals surface area contributed by atoms with Gasteiger partial charge >= 0.3 is 6.03 Å². The molecule has 0 radical (unpaired) electrons. The molecule has 3 atom stereocenters. The second-order valence-corrected chi connectivity index (χ2v) is 5.67. The number of nitrogens with zero attached hydrogens (tertiary/aromatic N) is 2. The van der Waals surface area contributed by atoms with Crippen LogP contribution in [-0.4, -0.2) is 64.6 Å². The van der Waals surface area contributed by atoms with Crippen molar-refractivity contribution in [3.8, 4) is 0 Å². The number of hydrogen-bond donors (Lipinski definition) is 2. The molecule has 0 aromatic heterocycles. The molecule has 0 aromatic rings. The monoisotopic (exact) mass is 292 g/mol. The van der Waals surface area contributed by atoms with Crippen LogP contribution >= 0.6 is 11.8 Å². The van der Waals surface area contributed by atoms with E-state index in [2.05, 4.69) is 4.99 Å². The summed E-state index contributed by atoms with van der Waals surface area (Å²) in [5, 5.41) is 19.5. The maximum atomic E-state index is 13.7. The number of aliphatic hydroxyl groups is 2. The molecule has 2 amide bonds. The Labute approximate surface area is 114 Å². The smallest absolute Gasteiger partial charge is 0.373 e. The molecule has 2 aliphatic heterocycles. The molecule has 0 unspecified atom stereocenters. The zero-order chi connectivity index (χ0) is 14.1. The van der Waals surface area contributed by atoms with Gasteiger partial charge in [0.15, 0.2) is 6.23 Å². The van der Waals surface area contributed by atoms with E-state index in [-0.39, 0.29) is 5.12 Å². The number of amides is 2. The molecule has 108 valence electrons. The van der Waals surface area contributed by atoms with Crippen LogP contribution in [0.3, 0.4) is 0 Å². The fourth-order valence-corrected chi connectivity index (χ4v) is 3.73. The van der Waals surface area contributed by atoms with E-state index in [1.165, 1.54) is 11.8 Å². The van der Waals surface area contributed by atoms with Crippen molar-refractivity contribution in [1.29, 1.82) is 0 Å². The first-order valence-electron chi connectivity index (χ1n) is 5.99. The van der Waals surface area contributed by atoms with Gasteiger partial charge in [-0.05, 0) is 19.1 Å². The maximum absolute atomic E-state index is 13.7. The minimum Gasteiger partial charge on any atom is -0.395 e. The van der Waals surface area contributed by atoms with Gasteiger partial charge in [-0.15, -0.1) is 5.12 Å². The molecule has 1 saturated heterocycles. The Morgan fingerprint density at radius 1 is 1.74 bits per heavy atom. The molecule has 0 spiro atoms. The van der Waals surface area contributed by atoms with Crippen molar-refractivity contribution in [3.05, 3.63) is 0 Å². The van der Waals surface area contributed by atoms with Crippen molar-refractivity contribution >= 4 is 24.0 Å². The fraction of sp³-hybridized carbons (Fsp3) is 0.818. The number of ether oxygens (including phenoxy) is 1. The SMILES string of the molecule is CSC[C@]1([C@]2(CO)C=NC(=O)N(F)[C@@H]2O)CCCO1. The number of hydrogen-bond acceptors (Lipinski definition) is 5. The Kier molecular flexibility index (Phi) is 4.14. The van der Waals surface area contributed by atoms with Crippen molar-refractivity contribution in [3.63, 3.8) is 0 Å². The predicted molar refractivity (Wildman–Crippen MR) is 68.7 cm³/mol. The molecular weight excluding hydrogens is 275 g/mol. The zero-order valence-electron chi connectivity index (χ0n) is 10.6.